The zero-order valence-electron chi connectivity index (χ0n) is 22.5. The first-order chi connectivity index (χ1) is 17.5. The molecule has 0 heterocycles. The number of aliphatic hydroxyl groups excluding tert-OH is 1. The summed E-state index contributed by atoms with van der Waals surface area (Å²) in [6.45, 7) is 8.21. The summed E-state index contributed by atoms with van der Waals surface area (Å²) in [5.41, 5.74) is 3.11. The fourth-order valence-electron chi connectivity index (χ4n) is 4.39. The van der Waals surface area contributed by atoms with E-state index in [-0.39, 0.29) is 32.1 Å². The van der Waals surface area contributed by atoms with Gasteiger partial charge in [-0.2, -0.15) is 0 Å². The molecule has 5 nitrogen and oxygen atoms in total. The predicted molar refractivity (Wildman–Crippen MR) is 143 cm³/mol. The van der Waals surface area contributed by atoms with E-state index in [2.05, 4.69) is 17.9 Å². The largest absolute Gasteiger partial charge is 0.466 e. The minimum atomic E-state index is -0.982. The van der Waals surface area contributed by atoms with Crippen LogP contribution in [0.1, 0.15) is 68.4 Å². The highest BCUT2D eigenvalue weighted by molar-refractivity contribution is 6.31. The first-order valence-electron chi connectivity index (χ1n) is 12.9. The van der Waals surface area contributed by atoms with Crippen molar-refractivity contribution in [3.05, 3.63) is 69.2 Å². The summed E-state index contributed by atoms with van der Waals surface area (Å²) in [5.74, 6) is -2.36. The molecule has 2 rings (SSSR count). The lowest BCUT2D eigenvalue weighted by Gasteiger charge is -2.30. The number of hydrogen-bond acceptors (Lipinski definition) is 5. The van der Waals surface area contributed by atoms with Gasteiger partial charge < -0.3 is 19.5 Å². The Morgan fingerprint density at radius 3 is 2.51 bits per heavy atom. The van der Waals surface area contributed by atoms with Crippen molar-refractivity contribution < 1.29 is 28.2 Å². The zero-order chi connectivity index (χ0) is 27.5. The molecule has 8 heteroatoms. The van der Waals surface area contributed by atoms with Crippen LogP contribution in [-0.2, 0) is 27.1 Å². The van der Waals surface area contributed by atoms with Gasteiger partial charge in [0.15, 0.2) is 11.6 Å². The molecule has 0 saturated heterocycles. The fourth-order valence-corrected chi connectivity index (χ4v) is 4.60. The predicted octanol–water partition coefficient (Wildman–Crippen LogP) is 6.20. The van der Waals surface area contributed by atoms with E-state index < -0.39 is 29.8 Å². The molecule has 0 aliphatic rings. The van der Waals surface area contributed by atoms with Gasteiger partial charge in [-0.3, -0.25) is 4.79 Å². The highest BCUT2D eigenvalue weighted by Crippen LogP contribution is 2.26. The van der Waals surface area contributed by atoms with Crippen LogP contribution in [0.5, 0.6) is 0 Å². The van der Waals surface area contributed by atoms with E-state index in [1.165, 1.54) is 0 Å². The number of carbonyl (C=O) groups excluding carboxylic acids is 1. The van der Waals surface area contributed by atoms with Crippen LogP contribution in [0, 0.1) is 18.6 Å². The van der Waals surface area contributed by atoms with Crippen molar-refractivity contribution in [1.29, 1.82) is 0 Å². The molecule has 1 N–H and O–H groups in total. The Bertz CT molecular complexity index is 1020. The number of rotatable bonds is 15. The Kier molecular flexibility index (Phi) is 12.9. The lowest BCUT2D eigenvalue weighted by molar-refractivity contribution is -0.143. The van der Waals surface area contributed by atoms with Crippen molar-refractivity contribution in [2.45, 2.75) is 78.0 Å². The molecule has 2 aromatic carbocycles. The molecule has 0 saturated carbocycles. The topological polar surface area (TPSA) is 59.0 Å². The molecule has 206 valence electrons. The Morgan fingerprint density at radius 2 is 1.86 bits per heavy atom. The molecule has 0 radical (unpaired) electrons. The van der Waals surface area contributed by atoms with Crippen molar-refractivity contribution in [3.8, 4) is 0 Å². The average Bonchev–Trinajstić information content (AvgIpc) is 2.85. The second-order valence-electron chi connectivity index (χ2n) is 9.57. The molecule has 0 spiro atoms. The van der Waals surface area contributed by atoms with Gasteiger partial charge in [-0.25, -0.2) is 8.78 Å². The Hall–Kier alpha value is -2.06. The first-order valence-corrected chi connectivity index (χ1v) is 13.3. The molecular weight excluding hydrogens is 500 g/mol. The van der Waals surface area contributed by atoms with Gasteiger partial charge in [-0.1, -0.05) is 37.1 Å². The number of nitrogens with zero attached hydrogens (tertiary/aromatic N) is 1. The number of likely N-dealkylation sites (N-methyl/N-ethyl adjacent to an activating group) is 1. The SMILES string of the molecule is CCC[C@@H](Cc1ccc(C)c(Cl)c1)N(C)C[C@@H](O)CO[C@H](C)c1cc(F)c(F)cc1CCC(=O)OCC. The first kappa shape index (κ1) is 31.2. The van der Waals surface area contributed by atoms with Crippen LogP contribution in [0.15, 0.2) is 30.3 Å². The summed E-state index contributed by atoms with van der Waals surface area (Å²) in [6, 6.07) is 8.51. The number of hydrogen-bond donors (Lipinski definition) is 1. The number of benzene rings is 2. The van der Waals surface area contributed by atoms with Crippen molar-refractivity contribution in [2.75, 3.05) is 26.8 Å². The molecule has 0 unspecified atom stereocenters. The molecule has 2 aromatic rings. The van der Waals surface area contributed by atoms with E-state index in [0.717, 1.165) is 47.5 Å². The van der Waals surface area contributed by atoms with E-state index in [1.54, 1.807) is 13.8 Å². The number of halogens is 3. The number of ether oxygens (including phenoxy) is 2. The normalized spacial score (nSPS) is 14.0. The molecule has 0 bridgehead atoms. The Labute approximate surface area is 224 Å². The van der Waals surface area contributed by atoms with Crippen molar-refractivity contribution in [3.63, 3.8) is 0 Å². The van der Waals surface area contributed by atoms with Crippen molar-refractivity contribution >= 4 is 17.6 Å². The monoisotopic (exact) mass is 539 g/mol. The van der Waals surface area contributed by atoms with Crippen molar-refractivity contribution in [2.24, 2.45) is 0 Å². The van der Waals surface area contributed by atoms with Gasteiger partial charge >= 0.3 is 5.97 Å². The summed E-state index contributed by atoms with van der Waals surface area (Å²) in [5, 5.41) is 11.4. The third kappa shape index (κ3) is 9.97. The summed E-state index contributed by atoms with van der Waals surface area (Å²) in [4.78, 5) is 13.9. The van der Waals surface area contributed by atoms with Gasteiger partial charge in [0.05, 0.1) is 25.4 Å². The van der Waals surface area contributed by atoms with E-state index in [1.807, 2.05) is 26.1 Å². The van der Waals surface area contributed by atoms with Gasteiger partial charge in [0.25, 0.3) is 0 Å². The van der Waals surface area contributed by atoms with E-state index >= 15 is 0 Å². The molecular formula is C29H40ClF2NO4. The maximum Gasteiger partial charge on any atom is 0.306 e. The fraction of sp³-hybridized carbons (Fsp3) is 0.552. The molecule has 0 fully saturated rings. The molecule has 0 amide bonds. The second kappa shape index (κ2) is 15.4. The minimum Gasteiger partial charge on any atom is -0.466 e. The van der Waals surface area contributed by atoms with Crippen LogP contribution in [0.25, 0.3) is 0 Å². The lowest BCUT2D eigenvalue weighted by Crippen LogP contribution is -2.40. The number of esters is 1. The third-order valence-electron chi connectivity index (χ3n) is 6.51. The van der Waals surface area contributed by atoms with Crippen molar-refractivity contribution in [1.82, 2.24) is 4.90 Å². The van der Waals surface area contributed by atoms with Gasteiger partial charge in [-0.15, -0.1) is 0 Å². The molecule has 0 aliphatic carbocycles. The quantitative estimate of drug-likeness (QED) is 0.273. The number of carbonyl (C=O) groups is 1. The molecule has 37 heavy (non-hydrogen) atoms. The van der Waals surface area contributed by atoms with Gasteiger partial charge in [0.1, 0.15) is 0 Å². The van der Waals surface area contributed by atoms with Gasteiger partial charge in [0.2, 0.25) is 0 Å². The summed E-state index contributed by atoms with van der Waals surface area (Å²) >= 11 is 6.30. The van der Waals surface area contributed by atoms with E-state index in [9.17, 15) is 18.7 Å². The molecule has 3 atom stereocenters. The smallest absolute Gasteiger partial charge is 0.306 e. The number of aliphatic hydroxyl groups is 1. The van der Waals surface area contributed by atoms with Crippen LogP contribution < -0.4 is 0 Å². The minimum absolute atomic E-state index is 0.0248. The van der Waals surface area contributed by atoms with E-state index in [4.69, 9.17) is 21.1 Å². The number of aryl methyl sites for hydroxylation is 2. The van der Waals surface area contributed by atoms with Crippen LogP contribution in [0.3, 0.4) is 0 Å². The summed E-state index contributed by atoms with van der Waals surface area (Å²) in [6.07, 6.45) is 1.65. The average molecular weight is 540 g/mol. The van der Waals surface area contributed by atoms with Gasteiger partial charge in [0, 0.05) is 24.0 Å². The summed E-state index contributed by atoms with van der Waals surface area (Å²) < 4.78 is 38.7. The zero-order valence-corrected chi connectivity index (χ0v) is 23.3. The Balaban J connectivity index is 1.99. The third-order valence-corrected chi connectivity index (χ3v) is 6.92. The molecule has 0 aliphatic heterocycles. The highest BCUT2D eigenvalue weighted by atomic mass is 35.5. The second-order valence-corrected chi connectivity index (χ2v) is 9.98. The highest BCUT2D eigenvalue weighted by Gasteiger charge is 2.21. The van der Waals surface area contributed by atoms with Crippen LogP contribution in [0.4, 0.5) is 8.78 Å². The Morgan fingerprint density at radius 1 is 1.16 bits per heavy atom. The maximum atomic E-state index is 14.0. The molecule has 0 aromatic heterocycles. The van der Waals surface area contributed by atoms with E-state index in [0.29, 0.717) is 17.7 Å². The summed E-state index contributed by atoms with van der Waals surface area (Å²) in [7, 11) is 1.98. The standard InChI is InChI=1S/C29H40ClF2NO4/c1-6-8-23(13-21-10-9-19(3)26(30)14-21)33(5)17-24(34)18-37-20(4)25-16-28(32)27(31)15-22(25)11-12-29(35)36-7-2/h9-10,14-16,20,23-24,34H,6-8,11-13,17-18H2,1-5H3/t20-,23+,24-/m1/s1. The van der Waals surface area contributed by atoms with Crippen LogP contribution >= 0.6 is 11.6 Å². The van der Waals surface area contributed by atoms with Crippen LogP contribution in [0.2, 0.25) is 5.02 Å². The lowest BCUT2D eigenvalue weighted by atomic mass is 9.98. The van der Waals surface area contributed by atoms with Gasteiger partial charge in [-0.05, 0) is 87.5 Å². The maximum absolute atomic E-state index is 14.0. The van der Waals surface area contributed by atoms with Crippen LogP contribution in [-0.4, -0.2) is 54.9 Å².